The first kappa shape index (κ1) is 23.0. The average Bonchev–Trinajstić information content (AvgIpc) is 3.37. The lowest BCUT2D eigenvalue weighted by molar-refractivity contribution is 0.122. The summed E-state index contributed by atoms with van der Waals surface area (Å²) in [5.74, 6) is 2.21. The molecule has 1 saturated heterocycles. The third-order valence-corrected chi connectivity index (χ3v) is 6.01. The summed E-state index contributed by atoms with van der Waals surface area (Å²) in [7, 11) is 1.63. The van der Waals surface area contributed by atoms with Crippen molar-refractivity contribution < 1.29 is 14.6 Å². The SMILES string of the molecule is COc1ccc(CN2CCN(c3ccc(-c4cc(OCC(C)O)cn5ncnc45)cn3)CC2)cn1. The molecule has 10 nitrogen and oxygen atoms in total. The zero-order valence-electron chi connectivity index (χ0n) is 19.9. The van der Waals surface area contributed by atoms with Crippen molar-refractivity contribution in [3.63, 3.8) is 0 Å². The van der Waals surface area contributed by atoms with E-state index in [1.54, 1.807) is 24.7 Å². The van der Waals surface area contributed by atoms with Crippen molar-refractivity contribution in [1.82, 2.24) is 29.5 Å². The first-order valence-corrected chi connectivity index (χ1v) is 11.7. The summed E-state index contributed by atoms with van der Waals surface area (Å²) in [5, 5.41) is 13.8. The van der Waals surface area contributed by atoms with Gasteiger partial charge in [0, 0.05) is 62.3 Å². The summed E-state index contributed by atoms with van der Waals surface area (Å²) >= 11 is 0. The Morgan fingerprint density at radius 2 is 1.89 bits per heavy atom. The Kier molecular flexibility index (Phi) is 6.73. The summed E-state index contributed by atoms with van der Waals surface area (Å²) in [6.07, 6.45) is 6.47. The summed E-state index contributed by atoms with van der Waals surface area (Å²) in [6.45, 7) is 6.50. The maximum atomic E-state index is 9.55. The standard InChI is InChI=1S/C25H29N7O3/c1-18(33)16-35-21-11-22(25-28-17-29-32(25)15-21)20-4-5-23(26-13-20)31-9-7-30(8-10-31)14-19-3-6-24(34-2)27-12-19/h3-6,11-13,15,17-18,33H,7-10,14,16H2,1-2H3. The Balaban J connectivity index is 1.25. The fourth-order valence-electron chi connectivity index (χ4n) is 4.16. The molecular weight excluding hydrogens is 446 g/mol. The Morgan fingerprint density at radius 3 is 2.57 bits per heavy atom. The van der Waals surface area contributed by atoms with Crippen LogP contribution in [0, 0.1) is 0 Å². The molecule has 0 saturated carbocycles. The molecule has 1 fully saturated rings. The summed E-state index contributed by atoms with van der Waals surface area (Å²) in [5.41, 5.74) is 3.72. The lowest BCUT2D eigenvalue weighted by Crippen LogP contribution is -2.46. The van der Waals surface area contributed by atoms with E-state index >= 15 is 0 Å². The minimum Gasteiger partial charge on any atom is -0.489 e. The van der Waals surface area contributed by atoms with Crippen LogP contribution in [-0.2, 0) is 6.54 Å². The fourth-order valence-corrected chi connectivity index (χ4v) is 4.16. The molecule has 0 radical (unpaired) electrons. The largest absolute Gasteiger partial charge is 0.489 e. The van der Waals surface area contributed by atoms with Crippen molar-refractivity contribution in [3.8, 4) is 22.8 Å². The van der Waals surface area contributed by atoms with Crippen molar-refractivity contribution in [2.24, 2.45) is 0 Å². The highest BCUT2D eigenvalue weighted by Crippen LogP contribution is 2.28. The number of hydrogen-bond donors (Lipinski definition) is 1. The van der Waals surface area contributed by atoms with Crippen LogP contribution in [0.4, 0.5) is 5.82 Å². The maximum Gasteiger partial charge on any atom is 0.212 e. The van der Waals surface area contributed by atoms with Gasteiger partial charge in [-0.1, -0.05) is 6.07 Å². The first-order valence-electron chi connectivity index (χ1n) is 11.7. The van der Waals surface area contributed by atoms with Crippen LogP contribution in [0.15, 0.2) is 55.2 Å². The lowest BCUT2D eigenvalue weighted by atomic mass is 10.1. The molecule has 1 atom stereocenters. The smallest absolute Gasteiger partial charge is 0.212 e. The second-order valence-corrected chi connectivity index (χ2v) is 8.65. The van der Waals surface area contributed by atoms with Gasteiger partial charge in [0.1, 0.15) is 24.5 Å². The molecule has 0 amide bonds. The minimum absolute atomic E-state index is 0.206. The molecule has 0 aliphatic carbocycles. The van der Waals surface area contributed by atoms with Crippen LogP contribution in [0.25, 0.3) is 16.8 Å². The van der Waals surface area contributed by atoms with Crippen molar-refractivity contribution in [2.75, 3.05) is 44.8 Å². The molecule has 10 heteroatoms. The number of pyridine rings is 3. The summed E-state index contributed by atoms with van der Waals surface area (Å²) in [6, 6.07) is 9.99. The van der Waals surface area contributed by atoms with Crippen molar-refractivity contribution in [1.29, 1.82) is 0 Å². The zero-order chi connectivity index (χ0) is 24.2. The second kappa shape index (κ2) is 10.2. The van der Waals surface area contributed by atoms with Crippen LogP contribution in [0.3, 0.4) is 0 Å². The van der Waals surface area contributed by atoms with E-state index < -0.39 is 6.10 Å². The third-order valence-electron chi connectivity index (χ3n) is 6.01. The van der Waals surface area contributed by atoms with Crippen LogP contribution < -0.4 is 14.4 Å². The molecule has 1 aliphatic rings. The molecule has 1 unspecified atom stereocenters. The minimum atomic E-state index is -0.556. The number of anilines is 1. The molecule has 1 aliphatic heterocycles. The van der Waals surface area contributed by atoms with Crippen molar-refractivity contribution >= 4 is 11.5 Å². The molecule has 0 bridgehead atoms. The van der Waals surface area contributed by atoms with Gasteiger partial charge in [0.05, 0.1) is 19.4 Å². The number of nitrogens with zero attached hydrogens (tertiary/aromatic N) is 7. The second-order valence-electron chi connectivity index (χ2n) is 8.65. The van der Waals surface area contributed by atoms with Crippen molar-refractivity contribution in [2.45, 2.75) is 19.6 Å². The van der Waals surface area contributed by atoms with E-state index in [-0.39, 0.29) is 6.61 Å². The summed E-state index contributed by atoms with van der Waals surface area (Å²) in [4.78, 5) is 18.2. The van der Waals surface area contributed by atoms with E-state index in [4.69, 9.17) is 14.5 Å². The predicted octanol–water partition coefficient (Wildman–Crippen LogP) is 2.28. The van der Waals surface area contributed by atoms with Gasteiger partial charge in [0.25, 0.3) is 0 Å². The van der Waals surface area contributed by atoms with Crippen LogP contribution in [0.2, 0.25) is 0 Å². The summed E-state index contributed by atoms with van der Waals surface area (Å²) < 4.78 is 12.5. The Bertz CT molecular complexity index is 1250. The van der Waals surface area contributed by atoms with E-state index in [9.17, 15) is 5.11 Å². The monoisotopic (exact) mass is 475 g/mol. The van der Waals surface area contributed by atoms with Gasteiger partial charge >= 0.3 is 0 Å². The van der Waals surface area contributed by atoms with Gasteiger partial charge in [0.2, 0.25) is 5.88 Å². The molecule has 182 valence electrons. The van der Waals surface area contributed by atoms with Gasteiger partial charge in [-0.05, 0) is 30.7 Å². The molecular formula is C25H29N7O3. The van der Waals surface area contributed by atoms with Gasteiger partial charge < -0.3 is 19.5 Å². The molecule has 35 heavy (non-hydrogen) atoms. The van der Waals surface area contributed by atoms with E-state index in [0.29, 0.717) is 11.6 Å². The molecule has 5 heterocycles. The number of aliphatic hydroxyl groups is 1. The van der Waals surface area contributed by atoms with E-state index in [2.05, 4.69) is 43.1 Å². The Hall–Kier alpha value is -3.76. The zero-order valence-corrected chi connectivity index (χ0v) is 19.9. The van der Waals surface area contributed by atoms with E-state index in [0.717, 1.165) is 55.3 Å². The normalized spacial score (nSPS) is 15.3. The molecule has 4 aromatic rings. The van der Waals surface area contributed by atoms with Gasteiger partial charge in [-0.3, -0.25) is 4.90 Å². The third kappa shape index (κ3) is 5.33. The van der Waals surface area contributed by atoms with Crippen LogP contribution in [-0.4, -0.2) is 80.6 Å². The molecule has 4 aromatic heterocycles. The van der Waals surface area contributed by atoms with Crippen LogP contribution in [0.5, 0.6) is 11.6 Å². The molecule has 5 rings (SSSR count). The van der Waals surface area contributed by atoms with Crippen LogP contribution in [0.1, 0.15) is 12.5 Å². The number of rotatable bonds is 8. The molecule has 0 aromatic carbocycles. The molecule has 1 N–H and O–H groups in total. The predicted molar refractivity (Wildman–Crippen MR) is 132 cm³/mol. The highest BCUT2D eigenvalue weighted by atomic mass is 16.5. The topological polar surface area (TPSA) is 101 Å². The van der Waals surface area contributed by atoms with Crippen LogP contribution >= 0.6 is 0 Å². The highest BCUT2D eigenvalue weighted by molar-refractivity contribution is 5.78. The van der Waals surface area contributed by atoms with E-state index in [1.807, 2.05) is 24.5 Å². The van der Waals surface area contributed by atoms with Crippen molar-refractivity contribution in [3.05, 3.63) is 60.8 Å². The number of fused-ring (bicyclic) bond motifs is 1. The van der Waals surface area contributed by atoms with Gasteiger partial charge in [0.15, 0.2) is 5.65 Å². The number of aliphatic hydroxyl groups excluding tert-OH is 1. The highest BCUT2D eigenvalue weighted by Gasteiger charge is 2.19. The number of aromatic nitrogens is 5. The quantitative estimate of drug-likeness (QED) is 0.411. The van der Waals surface area contributed by atoms with Gasteiger partial charge in [-0.2, -0.15) is 5.10 Å². The number of ether oxygens (including phenoxy) is 2. The number of piperazine rings is 1. The van der Waals surface area contributed by atoms with Gasteiger partial charge in [-0.15, -0.1) is 0 Å². The molecule has 0 spiro atoms. The van der Waals surface area contributed by atoms with E-state index in [1.165, 1.54) is 11.9 Å². The van der Waals surface area contributed by atoms with Gasteiger partial charge in [-0.25, -0.2) is 19.5 Å². The number of methoxy groups -OCH3 is 1. The first-order chi connectivity index (χ1) is 17.1. The average molecular weight is 476 g/mol. The Labute approximate surface area is 203 Å². The number of hydrogen-bond acceptors (Lipinski definition) is 9. The Morgan fingerprint density at radius 1 is 1.03 bits per heavy atom. The fraction of sp³-hybridized carbons (Fsp3) is 0.360. The maximum absolute atomic E-state index is 9.55. The lowest BCUT2D eigenvalue weighted by Gasteiger charge is -2.35.